The lowest BCUT2D eigenvalue weighted by atomic mass is 9.87. The van der Waals surface area contributed by atoms with Crippen LogP contribution in [-0.4, -0.2) is 146 Å². The molecule has 0 unspecified atom stereocenters. The molecule has 4 aliphatic heterocycles. The molecule has 20 nitrogen and oxygen atoms in total. The minimum atomic E-state index is -3.25. The summed E-state index contributed by atoms with van der Waals surface area (Å²) in [5.74, 6) is -4.29. The van der Waals surface area contributed by atoms with Gasteiger partial charge in [0.25, 0.3) is 0 Å². The quantitative estimate of drug-likeness (QED) is 0.0678. The van der Waals surface area contributed by atoms with Crippen molar-refractivity contribution < 1.29 is 46.2 Å². The molecule has 3 N–H and O–H groups in total. The molecule has 4 aromatic carbocycles. The second-order valence-electron chi connectivity index (χ2n) is 22.5. The average molecular weight is 1170 g/mol. The fourth-order valence-electron chi connectivity index (χ4n) is 10.9. The highest BCUT2D eigenvalue weighted by atomic mass is 19.3. The van der Waals surface area contributed by atoms with E-state index in [1.807, 2.05) is 58.0 Å². The van der Waals surface area contributed by atoms with Crippen LogP contribution in [0.5, 0.6) is 11.5 Å². The first-order valence-corrected chi connectivity index (χ1v) is 28.1. The molecule has 6 aromatic rings. The molecular weight excluding hydrogens is 1100 g/mol. The first kappa shape index (κ1) is 60.6. The van der Waals surface area contributed by atoms with E-state index in [-0.39, 0.29) is 60.5 Å². The van der Waals surface area contributed by atoms with Crippen molar-refractivity contribution in [2.24, 2.45) is 0 Å². The van der Waals surface area contributed by atoms with Gasteiger partial charge in [0.2, 0.25) is 24.7 Å². The van der Waals surface area contributed by atoms with E-state index < -0.39 is 42.7 Å². The fraction of sp³-hybridized carbons (Fsp3) is 0.426. The molecule has 0 aliphatic carbocycles. The number of hydrogen-bond acceptors (Lipinski definition) is 17. The van der Waals surface area contributed by atoms with Gasteiger partial charge in [-0.15, -0.1) is 0 Å². The van der Waals surface area contributed by atoms with Crippen molar-refractivity contribution in [3.05, 3.63) is 119 Å². The molecule has 3 amide bonds. The molecule has 6 heterocycles. The number of piperidine rings is 4. The third kappa shape index (κ3) is 15.2. The number of carbonyl (C=O) groups is 3. The first-order chi connectivity index (χ1) is 40.7. The smallest absolute Gasteiger partial charge is 0.410 e. The van der Waals surface area contributed by atoms with Gasteiger partial charge in [0, 0.05) is 61.5 Å². The standard InChI is InChI=1S/C33H37F2N7O4.C28H29F2N7O2/c1-21-15-25(6-7-26(21)22-9-13-42(14-10-22)31(44)46-32(2,3)4)39-30-38-19-37-29(40-30)23-5-8-27(24(16-23)17-36)45-28-11-12-41(20-43)18-33(28,34)35;1-18-12-22(3-4-23(18)19-6-9-32-10-7-19)35-27-34-16-33-26(36-27)20-2-5-24(21(13-20)14-31)39-25-8-11-37(17-38)15-28(25,29)30/h5-8,15-16,19-20,22,28H,9-14,18H2,1-4H3,(H,37,38,39,40);2-5,12-13,16-17,19,25,32H,6-11,15H2,1H3,(H,33,34,35,36)/t28-;25-/m00/s1. The number of nitriles is 2. The molecule has 0 saturated carbocycles. The summed E-state index contributed by atoms with van der Waals surface area (Å²) in [5, 5.41) is 29.2. The number of aryl methyl sites for hydroxylation is 2. The Hall–Kier alpha value is -9.03. The summed E-state index contributed by atoms with van der Waals surface area (Å²) < 4.78 is 74.8. The largest absolute Gasteiger partial charge is 0.483 e. The molecule has 24 heteroatoms. The number of anilines is 4. The Labute approximate surface area is 490 Å². The SMILES string of the molecule is Cc1cc(Nc2ncnc(-c3ccc(O[C@H]4CCN(C=O)CC4(F)F)c(C#N)c3)n2)ccc1C1CCN(C(=O)OC(C)(C)C)CC1.Cc1cc(Nc2ncnc(-c3ccc(O[C@H]4CCN(C=O)CC4(F)F)c(C#N)c3)n2)ccc1C1CCNCC1. The second-order valence-corrected chi connectivity index (χ2v) is 22.5. The van der Waals surface area contributed by atoms with Gasteiger partial charge in [-0.1, -0.05) is 12.1 Å². The molecule has 2 atom stereocenters. The van der Waals surface area contributed by atoms with Crippen LogP contribution in [0.4, 0.5) is 45.6 Å². The lowest BCUT2D eigenvalue weighted by Crippen LogP contribution is -2.53. The predicted octanol–water partition coefficient (Wildman–Crippen LogP) is 10.00. The molecule has 0 spiro atoms. The number of nitrogens with zero attached hydrogens (tertiary/aromatic N) is 11. The number of rotatable bonds is 14. The van der Waals surface area contributed by atoms with Crippen LogP contribution >= 0.6 is 0 Å². The number of likely N-dealkylation sites (tertiary alicyclic amines) is 3. The fourth-order valence-corrected chi connectivity index (χ4v) is 10.9. The number of hydrogen-bond donors (Lipinski definition) is 3. The lowest BCUT2D eigenvalue weighted by molar-refractivity contribution is -0.151. The minimum Gasteiger partial charge on any atom is -0.483 e. The molecule has 4 fully saturated rings. The normalized spacial score (nSPS) is 18.8. The Morgan fingerprint density at radius 3 is 1.48 bits per heavy atom. The summed E-state index contributed by atoms with van der Waals surface area (Å²) in [6.45, 7) is 11.9. The molecule has 0 bridgehead atoms. The van der Waals surface area contributed by atoms with Crippen molar-refractivity contribution in [3.8, 4) is 46.4 Å². The van der Waals surface area contributed by atoms with Crippen molar-refractivity contribution in [1.29, 1.82) is 10.5 Å². The Morgan fingerprint density at radius 2 is 1.08 bits per heavy atom. The number of amides is 3. The van der Waals surface area contributed by atoms with E-state index in [2.05, 4.69) is 71.0 Å². The van der Waals surface area contributed by atoms with Crippen LogP contribution in [0.1, 0.15) is 105 Å². The van der Waals surface area contributed by atoms with Gasteiger partial charge in [-0.3, -0.25) is 9.59 Å². The number of nitrogens with one attached hydrogen (secondary N) is 3. The zero-order chi connectivity index (χ0) is 60.5. The number of aromatic nitrogens is 6. The van der Waals surface area contributed by atoms with Crippen molar-refractivity contribution >= 4 is 42.2 Å². The topological polar surface area (TPSA) is 250 Å². The number of alkyl halides is 4. The van der Waals surface area contributed by atoms with E-state index in [0.29, 0.717) is 66.6 Å². The Morgan fingerprint density at radius 1 is 0.635 bits per heavy atom. The Balaban J connectivity index is 0.000000206. The number of benzene rings is 4. The average Bonchev–Trinajstić information content (AvgIpc) is 3.45. The molecule has 2 aromatic heterocycles. The van der Waals surface area contributed by atoms with Gasteiger partial charge in [0.15, 0.2) is 23.9 Å². The van der Waals surface area contributed by atoms with E-state index in [0.717, 1.165) is 65.5 Å². The van der Waals surface area contributed by atoms with Gasteiger partial charge in [-0.05, 0) is 168 Å². The predicted molar refractivity (Wildman–Crippen MR) is 307 cm³/mol. The monoisotopic (exact) mass is 1170 g/mol. The van der Waals surface area contributed by atoms with Crippen LogP contribution in [-0.2, 0) is 14.3 Å². The van der Waals surface area contributed by atoms with Crippen molar-refractivity contribution in [3.63, 3.8) is 0 Å². The molecule has 4 aliphatic rings. The van der Waals surface area contributed by atoms with Gasteiger partial charge in [0.1, 0.15) is 41.9 Å². The summed E-state index contributed by atoms with van der Waals surface area (Å²) >= 11 is 0. The van der Waals surface area contributed by atoms with E-state index in [1.54, 1.807) is 17.0 Å². The number of carbonyl (C=O) groups excluding carboxylic acids is 3. The molecule has 0 radical (unpaired) electrons. The summed E-state index contributed by atoms with van der Waals surface area (Å²) in [6, 6.07) is 25.4. The van der Waals surface area contributed by atoms with Crippen molar-refractivity contribution in [2.45, 2.75) is 115 Å². The first-order valence-electron chi connectivity index (χ1n) is 28.1. The van der Waals surface area contributed by atoms with Gasteiger partial charge in [0.05, 0.1) is 24.2 Å². The summed E-state index contributed by atoms with van der Waals surface area (Å²) in [4.78, 5) is 64.0. The van der Waals surface area contributed by atoms with Crippen LogP contribution in [0.3, 0.4) is 0 Å². The molecular formula is C61H66F4N14O6. The van der Waals surface area contributed by atoms with Gasteiger partial charge in [-0.2, -0.15) is 20.5 Å². The minimum absolute atomic E-state index is 0.0222. The number of ether oxygens (including phenoxy) is 3. The maximum Gasteiger partial charge on any atom is 0.410 e. The summed E-state index contributed by atoms with van der Waals surface area (Å²) in [6.07, 6.45) is 4.19. The van der Waals surface area contributed by atoms with Gasteiger partial charge >= 0.3 is 17.9 Å². The van der Waals surface area contributed by atoms with E-state index in [4.69, 9.17) is 14.2 Å². The van der Waals surface area contributed by atoms with Crippen molar-refractivity contribution in [2.75, 3.05) is 63.0 Å². The van der Waals surface area contributed by atoms with E-state index in [1.165, 1.54) is 53.6 Å². The van der Waals surface area contributed by atoms with E-state index >= 15 is 0 Å². The summed E-state index contributed by atoms with van der Waals surface area (Å²) in [5.41, 5.74) is 7.16. The maximum atomic E-state index is 14.6. The van der Waals surface area contributed by atoms with Crippen molar-refractivity contribution in [1.82, 2.24) is 49.9 Å². The van der Waals surface area contributed by atoms with Crippen LogP contribution < -0.4 is 25.4 Å². The third-order valence-electron chi connectivity index (χ3n) is 15.2. The van der Waals surface area contributed by atoms with Crippen LogP contribution in [0.25, 0.3) is 22.8 Å². The molecule has 85 heavy (non-hydrogen) atoms. The summed E-state index contributed by atoms with van der Waals surface area (Å²) in [7, 11) is 0. The highest BCUT2D eigenvalue weighted by Crippen LogP contribution is 2.37. The van der Waals surface area contributed by atoms with E-state index in [9.17, 15) is 42.5 Å². The molecule has 444 valence electrons. The van der Waals surface area contributed by atoms with Crippen LogP contribution in [0.15, 0.2) is 85.5 Å². The highest BCUT2D eigenvalue weighted by molar-refractivity contribution is 5.69. The highest BCUT2D eigenvalue weighted by Gasteiger charge is 2.48. The zero-order valence-corrected chi connectivity index (χ0v) is 47.8. The maximum absolute atomic E-state index is 14.6. The Kier molecular flexibility index (Phi) is 18.7. The Bertz CT molecular complexity index is 3470. The van der Waals surface area contributed by atoms with Gasteiger partial charge in [-0.25, -0.2) is 42.3 Å². The second kappa shape index (κ2) is 26.3. The van der Waals surface area contributed by atoms with Gasteiger partial charge < -0.3 is 44.9 Å². The van der Waals surface area contributed by atoms with Crippen LogP contribution in [0, 0.1) is 36.5 Å². The molecule has 10 rings (SSSR count). The lowest BCUT2D eigenvalue weighted by Gasteiger charge is -2.36. The van der Waals surface area contributed by atoms with Crippen LogP contribution in [0.2, 0.25) is 0 Å². The zero-order valence-electron chi connectivity index (χ0n) is 47.8. The number of halogens is 4. The molecule has 4 saturated heterocycles. The third-order valence-corrected chi connectivity index (χ3v) is 15.2.